The Bertz CT molecular complexity index is 360. The van der Waals surface area contributed by atoms with Gasteiger partial charge < -0.3 is 10.2 Å². The minimum atomic E-state index is 0.598. The van der Waals surface area contributed by atoms with Gasteiger partial charge in [0, 0.05) is 31.4 Å². The van der Waals surface area contributed by atoms with Crippen molar-refractivity contribution < 1.29 is 0 Å². The van der Waals surface area contributed by atoms with Crippen molar-refractivity contribution in [1.29, 1.82) is 0 Å². The molecule has 1 unspecified atom stereocenters. The van der Waals surface area contributed by atoms with Crippen molar-refractivity contribution in [2.75, 3.05) is 24.5 Å². The van der Waals surface area contributed by atoms with Gasteiger partial charge in [0.2, 0.25) is 0 Å². The second-order valence-electron chi connectivity index (χ2n) is 5.22. The van der Waals surface area contributed by atoms with E-state index >= 15 is 0 Å². The van der Waals surface area contributed by atoms with Crippen molar-refractivity contribution in [2.45, 2.75) is 39.2 Å². The van der Waals surface area contributed by atoms with Crippen LogP contribution in [0.15, 0.2) is 24.3 Å². The molecule has 1 aliphatic rings. The molecule has 1 aromatic carbocycles. The fraction of sp³-hybridized carbons (Fsp3) is 0.600. The summed E-state index contributed by atoms with van der Waals surface area (Å²) in [6, 6.07) is 9.49. The highest BCUT2D eigenvalue weighted by Crippen LogP contribution is 2.28. The molecule has 1 heterocycles. The summed E-state index contributed by atoms with van der Waals surface area (Å²) in [5, 5.41) is 3.58. The number of nitrogens with zero attached hydrogens (tertiary/aromatic N) is 1. The molecule has 1 saturated heterocycles. The maximum Gasteiger partial charge on any atom is 0.0402 e. The zero-order chi connectivity index (χ0) is 12.3. The minimum absolute atomic E-state index is 0.598. The van der Waals surface area contributed by atoms with Crippen LogP contribution in [0.25, 0.3) is 0 Å². The third-order valence-corrected chi connectivity index (χ3v) is 3.65. The van der Waals surface area contributed by atoms with Gasteiger partial charge in [0.05, 0.1) is 0 Å². The molecule has 0 bridgehead atoms. The topological polar surface area (TPSA) is 15.3 Å². The highest BCUT2D eigenvalue weighted by Gasteiger charge is 2.20. The van der Waals surface area contributed by atoms with Gasteiger partial charge in [-0.25, -0.2) is 0 Å². The Morgan fingerprint density at radius 3 is 2.82 bits per heavy atom. The minimum Gasteiger partial charge on any atom is -0.368 e. The van der Waals surface area contributed by atoms with Crippen LogP contribution in [0, 0.1) is 0 Å². The first kappa shape index (κ1) is 12.4. The molecule has 0 radical (unpaired) electrons. The Morgan fingerprint density at radius 2 is 2.12 bits per heavy atom. The van der Waals surface area contributed by atoms with Crippen LogP contribution in [0.2, 0.25) is 0 Å². The maximum atomic E-state index is 3.58. The molecule has 17 heavy (non-hydrogen) atoms. The molecule has 0 saturated carbocycles. The van der Waals surface area contributed by atoms with Gasteiger partial charge in [-0.1, -0.05) is 39.0 Å². The van der Waals surface area contributed by atoms with E-state index in [2.05, 4.69) is 55.3 Å². The normalized spacial score (nSPS) is 20.9. The average Bonchev–Trinajstić information content (AvgIpc) is 2.39. The third kappa shape index (κ3) is 2.81. The van der Waals surface area contributed by atoms with Crippen molar-refractivity contribution in [2.24, 2.45) is 0 Å². The lowest BCUT2D eigenvalue weighted by molar-refractivity contribution is 0.446. The molecule has 0 aromatic heterocycles. The van der Waals surface area contributed by atoms with E-state index in [0.717, 1.165) is 19.6 Å². The lowest BCUT2D eigenvalue weighted by Crippen LogP contribution is -2.50. The molecule has 2 rings (SSSR count). The van der Waals surface area contributed by atoms with Crippen molar-refractivity contribution >= 4 is 5.69 Å². The second-order valence-corrected chi connectivity index (χ2v) is 5.22. The fourth-order valence-electron chi connectivity index (χ4n) is 2.58. The predicted octanol–water partition coefficient (Wildman–Crippen LogP) is 3.00. The summed E-state index contributed by atoms with van der Waals surface area (Å²) >= 11 is 0. The average molecular weight is 232 g/mol. The van der Waals surface area contributed by atoms with Crippen LogP contribution in [0.5, 0.6) is 0 Å². The van der Waals surface area contributed by atoms with Gasteiger partial charge in [0.15, 0.2) is 0 Å². The first-order chi connectivity index (χ1) is 8.22. The van der Waals surface area contributed by atoms with Crippen LogP contribution >= 0.6 is 0 Å². The number of anilines is 1. The fourth-order valence-corrected chi connectivity index (χ4v) is 2.58. The lowest BCUT2D eigenvalue weighted by atomic mass is 9.99. The molecule has 2 nitrogen and oxygen atoms in total. The molecular formula is C15H24N2. The Labute approximate surface area is 105 Å². The zero-order valence-electron chi connectivity index (χ0n) is 11.2. The molecule has 2 heteroatoms. The Balaban J connectivity index is 2.21. The van der Waals surface area contributed by atoms with E-state index in [1.54, 1.807) is 0 Å². The molecule has 1 aromatic rings. The van der Waals surface area contributed by atoms with E-state index in [4.69, 9.17) is 0 Å². The lowest BCUT2D eigenvalue weighted by Gasteiger charge is -2.36. The first-order valence-corrected chi connectivity index (χ1v) is 6.79. The monoisotopic (exact) mass is 232 g/mol. The quantitative estimate of drug-likeness (QED) is 0.862. The largest absolute Gasteiger partial charge is 0.368 e. The highest BCUT2D eigenvalue weighted by atomic mass is 15.2. The molecule has 1 N–H and O–H groups in total. The molecule has 0 amide bonds. The molecule has 0 aliphatic carbocycles. The number of para-hydroxylation sites is 1. The summed E-state index contributed by atoms with van der Waals surface area (Å²) in [6.07, 6.45) is 1.21. The van der Waals surface area contributed by atoms with E-state index in [1.165, 1.54) is 17.7 Å². The first-order valence-electron chi connectivity index (χ1n) is 6.79. The smallest absolute Gasteiger partial charge is 0.0402 e. The van der Waals surface area contributed by atoms with E-state index in [0.29, 0.717) is 12.0 Å². The molecule has 1 atom stereocenters. The molecule has 0 spiro atoms. The highest BCUT2D eigenvalue weighted by molar-refractivity contribution is 5.55. The summed E-state index contributed by atoms with van der Waals surface area (Å²) in [6.45, 7) is 10.2. The van der Waals surface area contributed by atoms with E-state index in [9.17, 15) is 0 Å². The molecule has 1 fully saturated rings. The van der Waals surface area contributed by atoms with Crippen molar-refractivity contribution in [3.05, 3.63) is 29.8 Å². The summed E-state index contributed by atoms with van der Waals surface area (Å²) in [5.41, 5.74) is 2.91. The number of hydrogen-bond acceptors (Lipinski definition) is 2. The summed E-state index contributed by atoms with van der Waals surface area (Å²) in [5.74, 6) is 0.598. The van der Waals surface area contributed by atoms with Crippen LogP contribution in [0.3, 0.4) is 0 Å². The van der Waals surface area contributed by atoms with E-state index < -0.39 is 0 Å². The van der Waals surface area contributed by atoms with Gasteiger partial charge in [-0.15, -0.1) is 0 Å². The van der Waals surface area contributed by atoms with Gasteiger partial charge in [-0.05, 0) is 24.0 Å². The SMILES string of the molecule is CCC1CN(c2ccccc2C(C)C)CCN1. The summed E-state index contributed by atoms with van der Waals surface area (Å²) < 4.78 is 0. The standard InChI is InChI=1S/C15H24N2/c1-4-13-11-17(10-9-16-13)15-8-6-5-7-14(15)12(2)3/h5-8,12-13,16H,4,9-11H2,1-3H3. The summed E-state index contributed by atoms with van der Waals surface area (Å²) in [7, 11) is 0. The van der Waals surface area contributed by atoms with Crippen molar-refractivity contribution in [3.8, 4) is 0 Å². The number of hydrogen-bond donors (Lipinski definition) is 1. The van der Waals surface area contributed by atoms with Crippen LogP contribution < -0.4 is 10.2 Å². The number of rotatable bonds is 3. The van der Waals surface area contributed by atoms with Crippen LogP contribution in [-0.2, 0) is 0 Å². The molecular weight excluding hydrogens is 208 g/mol. The number of nitrogens with one attached hydrogen (secondary N) is 1. The van der Waals surface area contributed by atoms with Gasteiger partial charge in [0.25, 0.3) is 0 Å². The second kappa shape index (κ2) is 5.54. The van der Waals surface area contributed by atoms with Crippen molar-refractivity contribution in [3.63, 3.8) is 0 Å². The number of piperazine rings is 1. The Morgan fingerprint density at radius 1 is 1.35 bits per heavy atom. The van der Waals surface area contributed by atoms with Crippen LogP contribution in [0.1, 0.15) is 38.7 Å². The van der Waals surface area contributed by atoms with Gasteiger partial charge in [-0.3, -0.25) is 0 Å². The van der Waals surface area contributed by atoms with Gasteiger partial charge in [0.1, 0.15) is 0 Å². The molecule has 94 valence electrons. The zero-order valence-corrected chi connectivity index (χ0v) is 11.2. The van der Waals surface area contributed by atoms with Crippen molar-refractivity contribution in [1.82, 2.24) is 5.32 Å². The Kier molecular flexibility index (Phi) is 4.06. The van der Waals surface area contributed by atoms with Gasteiger partial charge >= 0.3 is 0 Å². The van der Waals surface area contributed by atoms with Crippen LogP contribution in [0.4, 0.5) is 5.69 Å². The third-order valence-electron chi connectivity index (χ3n) is 3.65. The molecule has 1 aliphatic heterocycles. The van der Waals surface area contributed by atoms with Gasteiger partial charge in [-0.2, -0.15) is 0 Å². The number of benzene rings is 1. The summed E-state index contributed by atoms with van der Waals surface area (Å²) in [4.78, 5) is 2.54. The maximum absolute atomic E-state index is 3.58. The van der Waals surface area contributed by atoms with E-state index in [-0.39, 0.29) is 0 Å². The van der Waals surface area contributed by atoms with E-state index in [1.807, 2.05) is 0 Å². The predicted molar refractivity (Wildman–Crippen MR) is 74.8 cm³/mol. The van der Waals surface area contributed by atoms with Crippen LogP contribution in [-0.4, -0.2) is 25.7 Å². The Hall–Kier alpha value is -1.02.